The zero-order valence-electron chi connectivity index (χ0n) is 12.8. The molecule has 0 bridgehead atoms. The van der Waals surface area contributed by atoms with Crippen molar-refractivity contribution in [2.24, 2.45) is 0 Å². The van der Waals surface area contributed by atoms with Crippen LogP contribution in [-0.2, 0) is 16.7 Å². The molecule has 7 nitrogen and oxygen atoms in total. The summed E-state index contributed by atoms with van der Waals surface area (Å²) in [7, 11) is -3.12. The molecule has 1 aliphatic rings. The third-order valence-electron chi connectivity index (χ3n) is 3.76. The highest BCUT2D eigenvalue weighted by molar-refractivity contribution is 7.88. The first kappa shape index (κ1) is 16.3. The standard InChI is InChI=1S/C14H18N4O3S2/c1-23(19,20)17-9-7-16(8-10-17)11-18-14(22)21-13(15-18)12-5-3-2-4-6-12/h2-6H,7-11H2,1H3. The Morgan fingerprint density at radius 2 is 1.83 bits per heavy atom. The molecule has 1 saturated heterocycles. The third kappa shape index (κ3) is 3.86. The molecule has 0 aliphatic carbocycles. The summed E-state index contributed by atoms with van der Waals surface area (Å²) in [5.41, 5.74) is 0.874. The Balaban J connectivity index is 1.68. The first-order valence-electron chi connectivity index (χ1n) is 7.24. The van der Waals surface area contributed by atoms with E-state index in [9.17, 15) is 8.42 Å². The van der Waals surface area contributed by atoms with E-state index in [4.69, 9.17) is 16.6 Å². The SMILES string of the molecule is CS(=O)(=O)N1CCN(Cn2nc(-c3ccccc3)oc2=S)CC1. The first-order chi connectivity index (χ1) is 10.9. The van der Waals surface area contributed by atoms with Crippen molar-refractivity contribution >= 4 is 22.2 Å². The number of rotatable bonds is 4. The fourth-order valence-electron chi connectivity index (χ4n) is 2.49. The van der Waals surface area contributed by atoms with Crippen LogP contribution in [-0.4, -0.2) is 59.8 Å². The van der Waals surface area contributed by atoms with Crippen molar-refractivity contribution in [1.82, 2.24) is 19.0 Å². The van der Waals surface area contributed by atoms with E-state index in [-0.39, 0.29) is 0 Å². The maximum absolute atomic E-state index is 11.5. The van der Waals surface area contributed by atoms with Crippen LogP contribution in [0.3, 0.4) is 0 Å². The van der Waals surface area contributed by atoms with Crippen LogP contribution >= 0.6 is 12.2 Å². The second-order valence-corrected chi connectivity index (χ2v) is 7.79. The summed E-state index contributed by atoms with van der Waals surface area (Å²) in [5, 5.41) is 4.41. The molecule has 0 saturated carbocycles. The van der Waals surface area contributed by atoms with E-state index in [1.54, 1.807) is 4.68 Å². The summed E-state index contributed by atoms with van der Waals surface area (Å²) < 4.78 is 31.7. The lowest BCUT2D eigenvalue weighted by atomic mass is 10.2. The van der Waals surface area contributed by atoms with Crippen LogP contribution in [0.4, 0.5) is 0 Å². The van der Waals surface area contributed by atoms with E-state index >= 15 is 0 Å². The molecule has 1 aromatic heterocycles. The molecule has 3 rings (SSSR count). The van der Waals surface area contributed by atoms with Crippen LogP contribution in [0.1, 0.15) is 0 Å². The van der Waals surface area contributed by atoms with Crippen molar-refractivity contribution < 1.29 is 12.8 Å². The molecule has 1 aliphatic heterocycles. The number of hydrogen-bond donors (Lipinski definition) is 0. The van der Waals surface area contributed by atoms with Gasteiger partial charge in [0.05, 0.1) is 12.9 Å². The molecular formula is C14H18N4O3S2. The van der Waals surface area contributed by atoms with E-state index in [0.29, 0.717) is 43.6 Å². The number of nitrogens with zero attached hydrogens (tertiary/aromatic N) is 4. The van der Waals surface area contributed by atoms with Gasteiger partial charge in [-0.2, -0.15) is 4.31 Å². The van der Waals surface area contributed by atoms with Gasteiger partial charge in [-0.25, -0.2) is 13.1 Å². The largest absolute Gasteiger partial charge is 0.409 e. The highest BCUT2D eigenvalue weighted by Gasteiger charge is 2.24. The van der Waals surface area contributed by atoms with Crippen molar-refractivity contribution in [2.45, 2.75) is 6.67 Å². The Morgan fingerprint density at radius 1 is 1.17 bits per heavy atom. The third-order valence-corrected chi connectivity index (χ3v) is 5.36. The van der Waals surface area contributed by atoms with Crippen LogP contribution in [0.15, 0.2) is 34.7 Å². The number of hydrogen-bond acceptors (Lipinski definition) is 6. The Bertz CT molecular complexity index is 821. The Labute approximate surface area is 140 Å². The second-order valence-electron chi connectivity index (χ2n) is 5.46. The number of benzene rings is 1. The molecule has 0 amide bonds. The minimum Gasteiger partial charge on any atom is -0.409 e. The van der Waals surface area contributed by atoms with Crippen LogP contribution in [0.2, 0.25) is 0 Å². The van der Waals surface area contributed by atoms with Gasteiger partial charge in [0.2, 0.25) is 15.9 Å². The predicted octanol–water partition coefficient (Wildman–Crippen LogP) is 1.41. The molecule has 1 fully saturated rings. The number of piperazine rings is 1. The van der Waals surface area contributed by atoms with Gasteiger partial charge in [0.25, 0.3) is 4.84 Å². The van der Waals surface area contributed by atoms with Gasteiger partial charge in [0.1, 0.15) is 0 Å². The highest BCUT2D eigenvalue weighted by atomic mass is 32.2. The van der Waals surface area contributed by atoms with Gasteiger partial charge in [-0.05, 0) is 24.4 Å². The summed E-state index contributed by atoms with van der Waals surface area (Å²) in [4.78, 5) is 2.42. The molecule has 9 heteroatoms. The average molecular weight is 354 g/mol. The smallest absolute Gasteiger partial charge is 0.288 e. The Kier molecular flexibility index (Phi) is 4.62. The van der Waals surface area contributed by atoms with Gasteiger partial charge < -0.3 is 4.42 Å². The molecule has 2 heterocycles. The van der Waals surface area contributed by atoms with E-state index in [1.807, 2.05) is 30.3 Å². The van der Waals surface area contributed by atoms with Gasteiger partial charge in [0, 0.05) is 31.7 Å². The van der Waals surface area contributed by atoms with Crippen molar-refractivity contribution in [3.63, 3.8) is 0 Å². The molecule has 23 heavy (non-hydrogen) atoms. The topological polar surface area (TPSA) is 71.6 Å². The summed E-state index contributed by atoms with van der Waals surface area (Å²) in [6, 6.07) is 9.58. The highest BCUT2D eigenvalue weighted by Crippen LogP contribution is 2.17. The summed E-state index contributed by atoms with van der Waals surface area (Å²) in [6.07, 6.45) is 1.24. The van der Waals surface area contributed by atoms with Gasteiger partial charge >= 0.3 is 0 Å². The summed E-state index contributed by atoms with van der Waals surface area (Å²) in [6.45, 7) is 2.74. The molecule has 0 unspecified atom stereocenters. The van der Waals surface area contributed by atoms with Gasteiger partial charge in [-0.15, -0.1) is 5.10 Å². The Hall–Kier alpha value is -1.55. The Morgan fingerprint density at radius 3 is 2.43 bits per heavy atom. The van der Waals surface area contributed by atoms with Crippen molar-refractivity contribution in [2.75, 3.05) is 32.4 Å². The zero-order valence-corrected chi connectivity index (χ0v) is 14.4. The molecule has 0 N–H and O–H groups in total. The molecular weight excluding hydrogens is 336 g/mol. The second kappa shape index (κ2) is 6.52. The lowest BCUT2D eigenvalue weighted by Gasteiger charge is -2.32. The van der Waals surface area contributed by atoms with Crippen molar-refractivity contribution in [3.8, 4) is 11.5 Å². The maximum atomic E-state index is 11.5. The molecule has 2 aromatic rings. The molecule has 124 valence electrons. The molecule has 1 aromatic carbocycles. The van der Waals surface area contributed by atoms with Crippen LogP contribution < -0.4 is 0 Å². The molecule has 0 radical (unpaired) electrons. The first-order valence-corrected chi connectivity index (χ1v) is 9.50. The lowest BCUT2D eigenvalue weighted by molar-refractivity contribution is 0.144. The van der Waals surface area contributed by atoms with E-state index in [1.165, 1.54) is 10.6 Å². The summed E-state index contributed by atoms with van der Waals surface area (Å²) in [5.74, 6) is 0.491. The van der Waals surface area contributed by atoms with Gasteiger partial charge in [-0.1, -0.05) is 18.2 Å². The zero-order chi connectivity index (χ0) is 16.4. The number of sulfonamides is 1. The van der Waals surface area contributed by atoms with Gasteiger partial charge in [-0.3, -0.25) is 4.90 Å². The molecule has 0 spiro atoms. The van der Waals surface area contributed by atoms with Crippen molar-refractivity contribution in [3.05, 3.63) is 35.2 Å². The summed E-state index contributed by atoms with van der Waals surface area (Å²) >= 11 is 5.22. The van der Waals surface area contributed by atoms with Crippen LogP contribution in [0.25, 0.3) is 11.5 Å². The molecule has 0 atom stereocenters. The maximum Gasteiger partial charge on any atom is 0.288 e. The van der Waals surface area contributed by atoms with Gasteiger partial charge in [0.15, 0.2) is 0 Å². The normalized spacial score (nSPS) is 17.4. The quantitative estimate of drug-likeness (QED) is 0.773. The van der Waals surface area contributed by atoms with Crippen LogP contribution in [0, 0.1) is 4.84 Å². The number of aromatic nitrogens is 2. The van der Waals surface area contributed by atoms with Crippen molar-refractivity contribution in [1.29, 1.82) is 0 Å². The minimum absolute atomic E-state index is 0.314. The fourth-order valence-corrected chi connectivity index (χ4v) is 3.49. The predicted molar refractivity (Wildman–Crippen MR) is 88.8 cm³/mol. The average Bonchev–Trinajstić information content (AvgIpc) is 2.89. The fraction of sp³-hybridized carbons (Fsp3) is 0.429. The van der Waals surface area contributed by atoms with Crippen LogP contribution in [0.5, 0.6) is 0 Å². The van der Waals surface area contributed by atoms with E-state index < -0.39 is 10.0 Å². The lowest BCUT2D eigenvalue weighted by Crippen LogP contribution is -2.48. The van der Waals surface area contributed by atoms with E-state index in [0.717, 1.165) is 5.56 Å². The monoisotopic (exact) mass is 354 g/mol. The van der Waals surface area contributed by atoms with E-state index in [2.05, 4.69) is 10.00 Å². The minimum atomic E-state index is -3.12.